The van der Waals surface area contributed by atoms with Gasteiger partial charge in [0.05, 0.1) is 0 Å². The standard InChI is InChI=1S/C13H21N3O2S2/c1-3-20(17,18)13-9-19-7-6-16(13)12-5-4-11(8-15-12)10(2)14/h4-5,8,10,13H,3,6-7,9,14H2,1-2H3/t10-,13?/m0/s1. The zero-order valence-corrected chi connectivity index (χ0v) is 13.5. The molecule has 1 aromatic rings. The maximum Gasteiger partial charge on any atom is 0.171 e. The molecule has 1 unspecified atom stereocenters. The molecule has 0 aliphatic carbocycles. The molecule has 0 saturated carbocycles. The summed E-state index contributed by atoms with van der Waals surface area (Å²) in [5, 5.41) is -0.472. The SMILES string of the molecule is CCS(=O)(=O)C1CSCCN1c1ccc([C@H](C)N)cn1. The molecule has 1 aromatic heterocycles. The maximum absolute atomic E-state index is 12.2. The maximum atomic E-state index is 12.2. The second kappa shape index (κ2) is 6.32. The Kier molecular flexibility index (Phi) is 4.93. The van der Waals surface area contributed by atoms with Crippen molar-refractivity contribution in [2.75, 3.05) is 28.7 Å². The minimum absolute atomic E-state index is 0.0661. The van der Waals surface area contributed by atoms with E-state index in [9.17, 15) is 8.42 Å². The molecule has 5 nitrogen and oxygen atoms in total. The van der Waals surface area contributed by atoms with Crippen molar-refractivity contribution in [3.05, 3.63) is 23.9 Å². The van der Waals surface area contributed by atoms with E-state index in [2.05, 4.69) is 4.98 Å². The second-order valence-electron chi connectivity index (χ2n) is 4.91. The lowest BCUT2D eigenvalue weighted by atomic mass is 10.1. The summed E-state index contributed by atoms with van der Waals surface area (Å²) < 4.78 is 24.4. The topological polar surface area (TPSA) is 76.3 Å². The molecular formula is C13H21N3O2S2. The van der Waals surface area contributed by atoms with Crippen molar-refractivity contribution in [3.8, 4) is 0 Å². The summed E-state index contributed by atoms with van der Waals surface area (Å²) in [4.78, 5) is 6.30. The molecule has 0 radical (unpaired) electrons. The van der Waals surface area contributed by atoms with Crippen LogP contribution in [0.5, 0.6) is 0 Å². The van der Waals surface area contributed by atoms with Crippen LogP contribution < -0.4 is 10.6 Å². The minimum atomic E-state index is -3.10. The van der Waals surface area contributed by atoms with E-state index >= 15 is 0 Å². The van der Waals surface area contributed by atoms with E-state index in [-0.39, 0.29) is 11.8 Å². The van der Waals surface area contributed by atoms with Gasteiger partial charge in [-0.25, -0.2) is 13.4 Å². The van der Waals surface area contributed by atoms with Crippen LogP contribution in [0, 0.1) is 0 Å². The molecule has 0 spiro atoms. The Morgan fingerprint density at radius 2 is 2.30 bits per heavy atom. The van der Waals surface area contributed by atoms with Gasteiger partial charge in [0.1, 0.15) is 11.2 Å². The summed E-state index contributed by atoms with van der Waals surface area (Å²) in [7, 11) is -3.10. The van der Waals surface area contributed by atoms with Gasteiger partial charge < -0.3 is 10.6 Å². The summed E-state index contributed by atoms with van der Waals surface area (Å²) in [6.45, 7) is 4.30. The average molecular weight is 315 g/mol. The summed E-state index contributed by atoms with van der Waals surface area (Å²) in [5.41, 5.74) is 6.76. The molecule has 2 atom stereocenters. The van der Waals surface area contributed by atoms with Crippen molar-refractivity contribution in [2.24, 2.45) is 5.73 Å². The van der Waals surface area contributed by atoms with Crippen molar-refractivity contribution >= 4 is 27.4 Å². The Balaban J connectivity index is 2.28. The first-order valence-corrected chi connectivity index (χ1v) is 9.60. The van der Waals surface area contributed by atoms with Crippen LogP contribution >= 0.6 is 11.8 Å². The van der Waals surface area contributed by atoms with E-state index in [1.54, 1.807) is 24.9 Å². The fraction of sp³-hybridized carbons (Fsp3) is 0.615. The number of hydrogen-bond acceptors (Lipinski definition) is 6. The Hall–Kier alpha value is -0.790. The third-order valence-corrected chi connectivity index (χ3v) is 6.78. The van der Waals surface area contributed by atoms with Crippen LogP contribution in [0.15, 0.2) is 18.3 Å². The van der Waals surface area contributed by atoms with E-state index in [0.717, 1.165) is 17.1 Å². The fourth-order valence-electron chi connectivity index (χ4n) is 2.17. The molecule has 1 aliphatic heterocycles. The van der Waals surface area contributed by atoms with Crippen molar-refractivity contribution in [2.45, 2.75) is 25.3 Å². The van der Waals surface area contributed by atoms with Gasteiger partial charge in [-0.05, 0) is 18.6 Å². The molecule has 0 amide bonds. The Morgan fingerprint density at radius 1 is 1.55 bits per heavy atom. The number of anilines is 1. The van der Waals surface area contributed by atoms with Crippen LogP contribution in [0.1, 0.15) is 25.5 Å². The number of nitrogens with two attached hydrogens (primary N) is 1. The van der Waals surface area contributed by atoms with E-state index in [0.29, 0.717) is 12.3 Å². The van der Waals surface area contributed by atoms with Crippen LogP contribution in [0.2, 0.25) is 0 Å². The van der Waals surface area contributed by atoms with Gasteiger partial charge in [-0.3, -0.25) is 0 Å². The predicted octanol–water partition coefficient (Wildman–Crippen LogP) is 1.42. The number of nitrogens with zero attached hydrogens (tertiary/aromatic N) is 2. The number of sulfone groups is 1. The highest BCUT2D eigenvalue weighted by atomic mass is 32.2. The normalized spacial score (nSPS) is 21.8. The first-order valence-electron chi connectivity index (χ1n) is 6.73. The first-order chi connectivity index (χ1) is 9.45. The number of thioether (sulfide) groups is 1. The van der Waals surface area contributed by atoms with Gasteiger partial charge in [0.15, 0.2) is 9.84 Å². The average Bonchev–Trinajstić information content (AvgIpc) is 2.47. The van der Waals surface area contributed by atoms with E-state index < -0.39 is 15.2 Å². The quantitative estimate of drug-likeness (QED) is 0.905. The molecule has 112 valence electrons. The second-order valence-corrected chi connectivity index (χ2v) is 8.51. The lowest BCUT2D eigenvalue weighted by Crippen LogP contribution is -2.48. The number of hydrogen-bond donors (Lipinski definition) is 1. The molecule has 1 aliphatic rings. The smallest absolute Gasteiger partial charge is 0.171 e. The first kappa shape index (κ1) is 15.6. The molecule has 2 heterocycles. The van der Waals surface area contributed by atoms with Gasteiger partial charge >= 0.3 is 0 Å². The van der Waals surface area contributed by atoms with Gasteiger partial charge in [0.25, 0.3) is 0 Å². The van der Waals surface area contributed by atoms with Crippen molar-refractivity contribution in [1.82, 2.24) is 4.98 Å². The summed E-state index contributed by atoms with van der Waals surface area (Å²) in [5.74, 6) is 2.41. The highest BCUT2D eigenvalue weighted by Gasteiger charge is 2.33. The van der Waals surface area contributed by atoms with Crippen molar-refractivity contribution < 1.29 is 8.42 Å². The largest absolute Gasteiger partial charge is 0.338 e. The lowest BCUT2D eigenvalue weighted by molar-refractivity contribution is 0.579. The van der Waals surface area contributed by atoms with Crippen LogP contribution in [-0.2, 0) is 9.84 Å². The highest BCUT2D eigenvalue weighted by molar-refractivity contribution is 8.01. The van der Waals surface area contributed by atoms with E-state index in [1.165, 1.54) is 0 Å². The third-order valence-electron chi connectivity index (χ3n) is 3.49. The number of pyridine rings is 1. The molecule has 2 rings (SSSR count). The van der Waals surface area contributed by atoms with Gasteiger partial charge in [-0.15, -0.1) is 0 Å². The predicted molar refractivity (Wildman–Crippen MR) is 84.8 cm³/mol. The van der Waals surface area contributed by atoms with Gasteiger partial charge in [0.2, 0.25) is 0 Å². The monoisotopic (exact) mass is 315 g/mol. The van der Waals surface area contributed by atoms with Crippen LogP contribution in [0.4, 0.5) is 5.82 Å². The van der Waals surface area contributed by atoms with Gasteiger partial charge in [-0.2, -0.15) is 11.8 Å². The summed E-state index contributed by atoms with van der Waals surface area (Å²) >= 11 is 1.68. The lowest BCUT2D eigenvalue weighted by Gasteiger charge is -2.35. The fourth-order valence-corrected chi connectivity index (χ4v) is 5.15. The zero-order chi connectivity index (χ0) is 14.8. The number of aromatic nitrogens is 1. The summed E-state index contributed by atoms with van der Waals surface area (Å²) in [6.07, 6.45) is 1.73. The van der Waals surface area contributed by atoms with E-state index in [1.807, 2.05) is 24.0 Å². The summed E-state index contributed by atoms with van der Waals surface area (Å²) in [6, 6.07) is 3.72. The molecule has 20 heavy (non-hydrogen) atoms. The van der Waals surface area contributed by atoms with Gasteiger partial charge in [0, 0.05) is 36.0 Å². The molecule has 7 heteroatoms. The molecule has 0 aromatic carbocycles. The Bertz CT molecular complexity index is 543. The molecule has 2 N–H and O–H groups in total. The van der Waals surface area contributed by atoms with Crippen LogP contribution in [0.3, 0.4) is 0 Å². The number of rotatable bonds is 4. The molecule has 1 fully saturated rings. The van der Waals surface area contributed by atoms with Crippen molar-refractivity contribution in [1.29, 1.82) is 0 Å². The zero-order valence-electron chi connectivity index (χ0n) is 11.8. The molecular weight excluding hydrogens is 294 g/mol. The Labute approximate surface area is 124 Å². The van der Waals surface area contributed by atoms with Crippen LogP contribution in [-0.4, -0.2) is 42.6 Å². The molecule has 1 saturated heterocycles. The van der Waals surface area contributed by atoms with Crippen LogP contribution in [0.25, 0.3) is 0 Å². The molecule has 0 bridgehead atoms. The third kappa shape index (κ3) is 3.27. The Morgan fingerprint density at radius 3 is 2.85 bits per heavy atom. The van der Waals surface area contributed by atoms with Gasteiger partial charge in [-0.1, -0.05) is 13.0 Å². The van der Waals surface area contributed by atoms with E-state index in [4.69, 9.17) is 5.73 Å². The van der Waals surface area contributed by atoms with Crippen molar-refractivity contribution in [3.63, 3.8) is 0 Å². The highest BCUT2D eigenvalue weighted by Crippen LogP contribution is 2.26. The minimum Gasteiger partial charge on any atom is -0.338 e.